The summed E-state index contributed by atoms with van der Waals surface area (Å²) in [5.41, 5.74) is 2.68. The molecule has 17 heavy (non-hydrogen) atoms. The van der Waals surface area contributed by atoms with E-state index in [1.165, 1.54) is 12.3 Å². The van der Waals surface area contributed by atoms with Crippen molar-refractivity contribution < 1.29 is 9.50 Å². The van der Waals surface area contributed by atoms with Gasteiger partial charge in [-0.15, -0.1) is 0 Å². The number of pyridine rings is 1. The maximum Gasteiger partial charge on any atom is 0.141 e. The molecule has 1 unspecified atom stereocenters. The Morgan fingerprint density at radius 1 is 1.29 bits per heavy atom. The number of halogens is 1. The zero-order valence-electron chi connectivity index (χ0n) is 9.60. The number of nitrogens with zero attached hydrogens (tertiary/aromatic N) is 1. The first kappa shape index (κ1) is 11.7. The van der Waals surface area contributed by atoms with Gasteiger partial charge in [0.25, 0.3) is 0 Å². The summed E-state index contributed by atoms with van der Waals surface area (Å²) in [5.74, 6) is -0.425. The molecule has 0 aliphatic heterocycles. The molecule has 0 aliphatic rings. The Balaban J connectivity index is 2.14. The van der Waals surface area contributed by atoms with E-state index in [4.69, 9.17) is 0 Å². The molecule has 1 atom stereocenters. The van der Waals surface area contributed by atoms with Crippen LogP contribution in [0.15, 0.2) is 42.7 Å². The minimum absolute atomic E-state index is 0.425. The molecule has 0 bridgehead atoms. The molecule has 2 nitrogen and oxygen atoms in total. The highest BCUT2D eigenvalue weighted by molar-refractivity contribution is 5.24. The van der Waals surface area contributed by atoms with Gasteiger partial charge in [-0.3, -0.25) is 4.98 Å². The first-order valence-corrected chi connectivity index (χ1v) is 5.49. The molecule has 2 aromatic rings. The molecule has 3 heteroatoms. The summed E-state index contributed by atoms with van der Waals surface area (Å²) in [6, 6.07) is 9.22. The molecule has 1 aromatic heterocycles. The molecule has 1 heterocycles. The SMILES string of the molecule is Cc1cccc(CC(O)c2cncc(F)c2)c1. The molecule has 1 N–H and O–H groups in total. The third-order valence-electron chi connectivity index (χ3n) is 2.62. The molecule has 88 valence electrons. The number of aliphatic hydroxyl groups is 1. The molecule has 0 radical (unpaired) electrons. The van der Waals surface area contributed by atoms with Crippen LogP contribution >= 0.6 is 0 Å². The van der Waals surface area contributed by atoms with Gasteiger partial charge in [0, 0.05) is 18.2 Å². The predicted molar refractivity (Wildman–Crippen MR) is 64.0 cm³/mol. The van der Waals surface area contributed by atoms with E-state index in [9.17, 15) is 9.50 Å². The minimum atomic E-state index is -0.722. The standard InChI is InChI=1S/C14H14FNO/c1-10-3-2-4-11(5-10)6-14(17)12-7-13(15)9-16-8-12/h2-5,7-9,14,17H,6H2,1H3. The summed E-state index contributed by atoms with van der Waals surface area (Å²) >= 11 is 0. The fourth-order valence-corrected chi connectivity index (χ4v) is 1.79. The van der Waals surface area contributed by atoms with E-state index in [0.29, 0.717) is 12.0 Å². The summed E-state index contributed by atoms with van der Waals surface area (Å²) in [6.45, 7) is 2.00. The van der Waals surface area contributed by atoms with Crippen molar-refractivity contribution in [3.8, 4) is 0 Å². The Kier molecular flexibility index (Phi) is 3.49. The van der Waals surface area contributed by atoms with Gasteiger partial charge in [-0.05, 0) is 18.6 Å². The number of hydrogen-bond acceptors (Lipinski definition) is 2. The van der Waals surface area contributed by atoms with E-state index in [-0.39, 0.29) is 0 Å². The highest BCUT2D eigenvalue weighted by atomic mass is 19.1. The quantitative estimate of drug-likeness (QED) is 0.881. The molecule has 2 rings (SSSR count). The van der Waals surface area contributed by atoms with Crippen molar-refractivity contribution >= 4 is 0 Å². The molecule has 0 saturated carbocycles. The van der Waals surface area contributed by atoms with Crippen LogP contribution in [0.4, 0.5) is 4.39 Å². The molecule has 0 aliphatic carbocycles. The summed E-state index contributed by atoms with van der Waals surface area (Å²) in [6.07, 6.45) is 2.36. The zero-order chi connectivity index (χ0) is 12.3. The van der Waals surface area contributed by atoms with Gasteiger partial charge in [-0.2, -0.15) is 0 Å². The minimum Gasteiger partial charge on any atom is -0.388 e. The third-order valence-corrected chi connectivity index (χ3v) is 2.62. The van der Waals surface area contributed by atoms with Crippen LogP contribution < -0.4 is 0 Å². The van der Waals surface area contributed by atoms with E-state index in [2.05, 4.69) is 4.98 Å². The lowest BCUT2D eigenvalue weighted by Crippen LogP contribution is -2.03. The number of hydrogen-bond donors (Lipinski definition) is 1. The first-order valence-electron chi connectivity index (χ1n) is 5.49. The Hall–Kier alpha value is -1.74. The van der Waals surface area contributed by atoms with E-state index in [1.807, 2.05) is 31.2 Å². The van der Waals surface area contributed by atoms with E-state index >= 15 is 0 Å². The molecule has 0 amide bonds. The highest BCUT2D eigenvalue weighted by Gasteiger charge is 2.09. The summed E-state index contributed by atoms with van der Waals surface area (Å²) in [4.78, 5) is 3.73. The van der Waals surface area contributed by atoms with Crippen LogP contribution in [0.25, 0.3) is 0 Å². The van der Waals surface area contributed by atoms with Crippen molar-refractivity contribution in [2.24, 2.45) is 0 Å². The second-order valence-corrected chi connectivity index (χ2v) is 4.15. The van der Waals surface area contributed by atoms with Crippen molar-refractivity contribution in [1.29, 1.82) is 0 Å². The number of benzene rings is 1. The lowest BCUT2D eigenvalue weighted by atomic mass is 10.0. The Morgan fingerprint density at radius 3 is 2.82 bits per heavy atom. The van der Waals surface area contributed by atoms with Crippen molar-refractivity contribution in [3.63, 3.8) is 0 Å². The molecular weight excluding hydrogens is 217 g/mol. The zero-order valence-corrected chi connectivity index (χ0v) is 9.60. The fraction of sp³-hybridized carbons (Fsp3) is 0.214. The van der Waals surface area contributed by atoms with Gasteiger partial charge in [-0.25, -0.2) is 4.39 Å². The topological polar surface area (TPSA) is 33.1 Å². The van der Waals surface area contributed by atoms with Crippen LogP contribution in [0.1, 0.15) is 22.8 Å². The van der Waals surface area contributed by atoms with E-state index < -0.39 is 11.9 Å². The molecule has 0 fully saturated rings. The lowest BCUT2D eigenvalue weighted by molar-refractivity contribution is 0.177. The second-order valence-electron chi connectivity index (χ2n) is 4.15. The van der Waals surface area contributed by atoms with Crippen molar-refractivity contribution in [1.82, 2.24) is 4.98 Å². The van der Waals surface area contributed by atoms with Gasteiger partial charge in [-0.1, -0.05) is 29.8 Å². The maximum absolute atomic E-state index is 13.0. The van der Waals surface area contributed by atoms with Gasteiger partial charge < -0.3 is 5.11 Å². The number of aryl methyl sites for hydroxylation is 1. The lowest BCUT2D eigenvalue weighted by Gasteiger charge is -2.11. The van der Waals surface area contributed by atoms with Crippen LogP contribution in [0, 0.1) is 12.7 Å². The van der Waals surface area contributed by atoms with Crippen molar-refractivity contribution in [2.45, 2.75) is 19.4 Å². The largest absolute Gasteiger partial charge is 0.388 e. The van der Waals surface area contributed by atoms with Gasteiger partial charge in [0.2, 0.25) is 0 Å². The molecular formula is C14H14FNO. The predicted octanol–water partition coefficient (Wildman–Crippen LogP) is 2.81. The third kappa shape index (κ3) is 3.11. The monoisotopic (exact) mass is 231 g/mol. The molecule has 0 spiro atoms. The number of aliphatic hydroxyl groups excluding tert-OH is 1. The van der Waals surface area contributed by atoms with E-state index in [0.717, 1.165) is 17.3 Å². The number of aromatic nitrogens is 1. The van der Waals surface area contributed by atoms with Crippen molar-refractivity contribution in [2.75, 3.05) is 0 Å². The van der Waals surface area contributed by atoms with Crippen LogP contribution in [-0.4, -0.2) is 10.1 Å². The Bertz CT molecular complexity index is 513. The van der Waals surface area contributed by atoms with Gasteiger partial charge >= 0.3 is 0 Å². The van der Waals surface area contributed by atoms with E-state index in [1.54, 1.807) is 0 Å². The maximum atomic E-state index is 13.0. The van der Waals surface area contributed by atoms with Crippen molar-refractivity contribution in [3.05, 3.63) is 65.2 Å². The van der Waals surface area contributed by atoms with Gasteiger partial charge in [0.1, 0.15) is 5.82 Å². The summed E-state index contributed by atoms with van der Waals surface area (Å²) in [7, 11) is 0. The van der Waals surface area contributed by atoms with Gasteiger partial charge in [0.05, 0.1) is 12.3 Å². The Morgan fingerprint density at radius 2 is 2.12 bits per heavy atom. The second kappa shape index (κ2) is 5.06. The van der Waals surface area contributed by atoms with Crippen LogP contribution in [-0.2, 0) is 6.42 Å². The molecule has 0 saturated heterocycles. The fourth-order valence-electron chi connectivity index (χ4n) is 1.79. The van der Waals surface area contributed by atoms with Crippen LogP contribution in [0.3, 0.4) is 0 Å². The average molecular weight is 231 g/mol. The normalized spacial score (nSPS) is 12.4. The summed E-state index contributed by atoms with van der Waals surface area (Å²) in [5, 5.41) is 9.98. The van der Waals surface area contributed by atoms with Crippen LogP contribution in [0.2, 0.25) is 0 Å². The molecule has 1 aromatic carbocycles. The summed E-state index contributed by atoms with van der Waals surface area (Å²) < 4.78 is 13.0. The highest BCUT2D eigenvalue weighted by Crippen LogP contribution is 2.18. The van der Waals surface area contributed by atoms with Crippen LogP contribution in [0.5, 0.6) is 0 Å². The smallest absolute Gasteiger partial charge is 0.141 e. The van der Waals surface area contributed by atoms with Gasteiger partial charge in [0.15, 0.2) is 0 Å². The number of rotatable bonds is 3. The average Bonchev–Trinajstić information content (AvgIpc) is 2.29. The first-order chi connectivity index (χ1) is 8.15. The Labute approximate surface area is 99.8 Å².